The highest BCUT2D eigenvalue weighted by Gasteiger charge is 2.24. The number of aromatic nitrogens is 2. The Morgan fingerprint density at radius 2 is 1.79 bits per heavy atom. The van der Waals surface area contributed by atoms with Crippen molar-refractivity contribution in [1.29, 1.82) is 0 Å². The molecule has 29 heavy (non-hydrogen) atoms. The third-order valence-electron chi connectivity index (χ3n) is 5.25. The fourth-order valence-electron chi connectivity index (χ4n) is 3.52. The van der Waals surface area contributed by atoms with Crippen LogP contribution >= 0.6 is 0 Å². The van der Waals surface area contributed by atoms with Gasteiger partial charge in [-0.3, -0.25) is 14.2 Å². The first-order valence-corrected chi connectivity index (χ1v) is 9.40. The van der Waals surface area contributed by atoms with Crippen LogP contribution in [0, 0.1) is 0 Å². The predicted octanol–water partition coefficient (Wildman–Crippen LogP) is 0.500. The molecule has 9 nitrogen and oxygen atoms in total. The summed E-state index contributed by atoms with van der Waals surface area (Å²) in [5.41, 5.74) is 0.284. The van der Waals surface area contributed by atoms with Crippen molar-refractivity contribution in [3.8, 4) is 11.5 Å². The maximum atomic E-state index is 12.7. The quantitative estimate of drug-likeness (QED) is 0.783. The summed E-state index contributed by atoms with van der Waals surface area (Å²) in [5, 5.41) is 3.04. The number of nitrogens with zero attached hydrogens (tertiary/aromatic N) is 3. The van der Waals surface area contributed by atoms with Crippen LogP contribution in [-0.4, -0.2) is 48.4 Å². The number of hydrogen-bond acceptors (Lipinski definition) is 6. The van der Waals surface area contributed by atoms with Gasteiger partial charge < -0.3 is 24.3 Å². The van der Waals surface area contributed by atoms with E-state index in [1.54, 1.807) is 38.6 Å². The van der Waals surface area contributed by atoms with Crippen molar-refractivity contribution in [1.82, 2.24) is 14.5 Å². The van der Waals surface area contributed by atoms with Crippen molar-refractivity contribution >= 4 is 11.6 Å². The Kier molecular flexibility index (Phi) is 5.95. The molecule has 156 valence electrons. The number of rotatable bonds is 5. The van der Waals surface area contributed by atoms with Gasteiger partial charge in [0.1, 0.15) is 17.2 Å². The van der Waals surface area contributed by atoms with Crippen LogP contribution in [0.5, 0.6) is 11.5 Å². The summed E-state index contributed by atoms with van der Waals surface area (Å²) in [6.07, 6.45) is 2.96. The molecule has 0 spiro atoms. The largest absolute Gasteiger partial charge is 0.497 e. The van der Waals surface area contributed by atoms with Gasteiger partial charge in [-0.1, -0.05) is 0 Å². The van der Waals surface area contributed by atoms with Crippen molar-refractivity contribution < 1.29 is 14.3 Å². The first-order valence-electron chi connectivity index (χ1n) is 9.40. The molecule has 1 aromatic carbocycles. The Morgan fingerprint density at radius 1 is 1.10 bits per heavy atom. The third-order valence-corrected chi connectivity index (χ3v) is 5.25. The molecule has 0 bridgehead atoms. The minimum absolute atomic E-state index is 0.0121. The Balaban J connectivity index is 1.67. The maximum Gasteiger partial charge on any atom is 0.330 e. The van der Waals surface area contributed by atoms with E-state index < -0.39 is 0 Å². The number of ether oxygens (including phenoxy) is 2. The zero-order chi connectivity index (χ0) is 21.1. The molecule has 2 aromatic rings. The second kappa shape index (κ2) is 8.42. The second-order valence-corrected chi connectivity index (χ2v) is 7.07. The third kappa shape index (κ3) is 4.13. The van der Waals surface area contributed by atoms with Gasteiger partial charge in [0.05, 0.1) is 19.8 Å². The highest BCUT2D eigenvalue weighted by atomic mass is 16.5. The normalized spacial score (nSPS) is 14.6. The molecular weight excluding hydrogens is 376 g/mol. The molecule has 2 heterocycles. The number of amides is 1. The van der Waals surface area contributed by atoms with E-state index in [1.165, 1.54) is 18.7 Å². The molecule has 1 aliphatic rings. The Morgan fingerprint density at radius 3 is 2.41 bits per heavy atom. The van der Waals surface area contributed by atoms with E-state index in [4.69, 9.17) is 9.47 Å². The summed E-state index contributed by atoms with van der Waals surface area (Å²) in [5.74, 6) is 0.861. The Bertz CT molecular complexity index is 1020. The van der Waals surface area contributed by atoms with E-state index in [0.29, 0.717) is 48.7 Å². The van der Waals surface area contributed by atoms with Crippen LogP contribution in [0.4, 0.5) is 5.69 Å². The standard InChI is InChI=1S/C20H26N4O5/c1-22-12-16(19(26)23(2)20(22)27)24-9-7-13(8-10-24)21-18(25)15-6-5-14(28-3)11-17(15)29-4/h5-6,11-13H,7-10H2,1-4H3,(H,21,25). The van der Waals surface area contributed by atoms with Crippen LogP contribution in [0.15, 0.2) is 34.0 Å². The summed E-state index contributed by atoms with van der Waals surface area (Å²) in [6.45, 7) is 1.22. The van der Waals surface area contributed by atoms with E-state index >= 15 is 0 Å². The minimum atomic E-state index is -0.352. The molecular formula is C20H26N4O5. The minimum Gasteiger partial charge on any atom is -0.497 e. The van der Waals surface area contributed by atoms with Gasteiger partial charge in [-0.2, -0.15) is 0 Å². The number of carbonyl (C=O) groups is 1. The second-order valence-electron chi connectivity index (χ2n) is 7.07. The number of benzene rings is 1. The molecule has 3 rings (SSSR count). The van der Waals surface area contributed by atoms with Gasteiger partial charge in [-0.25, -0.2) is 4.79 Å². The zero-order valence-electron chi connectivity index (χ0n) is 17.1. The summed E-state index contributed by atoms with van der Waals surface area (Å²) < 4.78 is 13.0. The fourth-order valence-corrected chi connectivity index (χ4v) is 3.52. The van der Waals surface area contributed by atoms with Crippen LogP contribution in [0.1, 0.15) is 23.2 Å². The van der Waals surface area contributed by atoms with Gasteiger partial charge in [0.25, 0.3) is 11.5 Å². The van der Waals surface area contributed by atoms with Crippen molar-refractivity contribution in [2.45, 2.75) is 18.9 Å². The summed E-state index contributed by atoms with van der Waals surface area (Å²) in [7, 11) is 6.17. The molecule has 0 unspecified atom stereocenters. The SMILES string of the molecule is COc1ccc(C(=O)NC2CCN(c3cn(C)c(=O)n(C)c3=O)CC2)c(OC)c1. The first kappa shape index (κ1) is 20.5. The van der Waals surface area contributed by atoms with Crippen LogP contribution in [0.25, 0.3) is 0 Å². The van der Waals surface area contributed by atoms with Gasteiger partial charge in [-0.15, -0.1) is 0 Å². The van der Waals surface area contributed by atoms with E-state index in [2.05, 4.69) is 5.32 Å². The molecule has 9 heteroatoms. The van der Waals surface area contributed by atoms with Crippen molar-refractivity contribution in [2.24, 2.45) is 14.1 Å². The van der Waals surface area contributed by atoms with E-state index in [1.807, 2.05) is 4.90 Å². The lowest BCUT2D eigenvalue weighted by Crippen LogP contribution is -2.47. The van der Waals surface area contributed by atoms with E-state index in [-0.39, 0.29) is 23.2 Å². The molecule has 0 aliphatic carbocycles. The van der Waals surface area contributed by atoms with Crippen molar-refractivity contribution in [3.05, 3.63) is 50.8 Å². The molecule has 1 saturated heterocycles. The number of aryl methyl sites for hydroxylation is 1. The van der Waals surface area contributed by atoms with E-state index in [9.17, 15) is 14.4 Å². The van der Waals surface area contributed by atoms with Crippen LogP contribution < -0.4 is 30.9 Å². The highest BCUT2D eigenvalue weighted by molar-refractivity contribution is 5.97. The number of carbonyl (C=O) groups excluding carboxylic acids is 1. The number of piperidine rings is 1. The molecule has 0 radical (unpaired) electrons. The summed E-state index contributed by atoms with van der Waals surface area (Å²) >= 11 is 0. The predicted molar refractivity (Wildman–Crippen MR) is 109 cm³/mol. The van der Waals surface area contributed by atoms with Gasteiger partial charge >= 0.3 is 5.69 Å². The van der Waals surface area contributed by atoms with Crippen molar-refractivity contribution in [2.75, 3.05) is 32.2 Å². The Labute approximate surface area is 168 Å². The molecule has 0 saturated carbocycles. The molecule has 1 amide bonds. The van der Waals surface area contributed by atoms with Gasteiger partial charge in [0, 0.05) is 45.5 Å². The molecule has 0 atom stereocenters. The number of hydrogen-bond donors (Lipinski definition) is 1. The molecule has 1 aromatic heterocycles. The molecule has 1 aliphatic heterocycles. The first-order chi connectivity index (χ1) is 13.8. The zero-order valence-corrected chi connectivity index (χ0v) is 17.1. The highest BCUT2D eigenvalue weighted by Crippen LogP contribution is 2.25. The summed E-state index contributed by atoms with van der Waals surface area (Å²) in [4.78, 5) is 38.9. The van der Waals surface area contributed by atoms with Gasteiger partial charge in [-0.05, 0) is 25.0 Å². The number of nitrogens with one attached hydrogen (secondary N) is 1. The van der Waals surface area contributed by atoms with Crippen molar-refractivity contribution in [3.63, 3.8) is 0 Å². The topological polar surface area (TPSA) is 94.8 Å². The Hall–Kier alpha value is -3.23. The van der Waals surface area contributed by atoms with Crippen LogP contribution in [0.3, 0.4) is 0 Å². The maximum absolute atomic E-state index is 12.7. The average Bonchev–Trinajstić information content (AvgIpc) is 2.74. The lowest BCUT2D eigenvalue weighted by molar-refractivity contribution is 0.0928. The lowest BCUT2D eigenvalue weighted by atomic mass is 10.0. The van der Waals surface area contributed by atoms with Crippen LogP contribution in [0.2, 0.25) is 0 Å². The van der Waals surface area contributed by atoms with Gasteiger partial charge in [0.2, 0.25) is 0 Å². The number of anilines is 1. The fraction of sp³-hybridized carbons (Fsp3) is 0.450. The number of methoxy groups -OCH3 is 2. The monoisotopic (exact) mass is 402 g/mol. The summed E-state index contributed by atoms with van der Waals surface area (Å²) in [6, 6.07) is 5.06. The smallest absolute Gasteiger partial charge is 0.330 e. The van der Waals surface area contributed by atoms with E-state index in [0.717, 1.165) is 4.57 Å². The average molecular weight is 402 g/mol. The lowest BCUT2D eigenvalue weighted by Gasteiger charge is -2.33. The van der Waals surface area contributed by atoms with Gasteiger partial charge in [0.15, 0.2) is 0 Å². The molecule has 1 N–H and O–H groups in total. The van der Waals surface area contributed by atoms with Crippen LogP contribution in [-0.2, 0) is 14.1 Å². The molecule has 1 fully saturated rings.